The molecule has 7 nitrogen and oxygen atoms in total. The molecular formula is C21H25N5O2. The first-order chi connectivity index (χ1) is 13.4. The van der Waals surface area contributed by atoms with Crippen LogP contribution in [-0.2, 0) is 0 Å². The third kappa shape index (κ3) is 2.77. The molecule has 1 aromatic carbocycles. The zero-order valence-electron chi connectivity index (χ0n) is 16.6. The van der Waals surface area contributed by atoms with Gasteiger partial charge >= 0.3 is 6.03 Å². The summed E-state index contributed by atoms with van der Waals surface area (Å²) in [4.78, 5) is 28.2. The monoisotopic (exact) mass is 379 g/mol. The fraction of sp³-hybridized carbons (Fsp3) is 0.476. The fourth-order valence-corrected chi connectivity index (χ4v) is 4.55. The van der Waals surface area contributed by atoms with Crippen molar-refractivity contribution in [2.45, 2.75) is 20.8 Å². The first kappa shape index (κ1) is 17.3. The number of likely N-dealkylation sites (tertiary alicyclic amines) is 1. The number of hydrogen-bond donors (Lipinski definition) is 0. The summed E-state index contributed by atoms with van der Waals surface area (Å²) in [5.41, 5.74) is 4.20. The molecule has 4 heterocycles. The summed E-state index contributed by atoms with van der Waals surface area (Å²) >= 11 is 0. The largest absolute Gasteiger partial charge is 0.490 e. The summed E-state index contributed by atoms with van der Waals surface area (Å²) in [7, 11) is 0. The number of nitrogens with zero attached hydrogens (tertiary/aromatic N) is 5. The van der Waals surface area contributed by atoms with Crippen molar-refractivity contribution in [2.75, 3.05) is 49.1 Å². The van der Waals surface area contributed by atoms with Crippen LogP contribution in [0.5, 0.6) is 5.75 Å². The maximum absolute atomic E-state index is 13.1. The van der Waals surface area contributed by atoms with Crippen molar-refractivity contribution >= 4 is 17.7 Å². The van der Waals surface area contributed by atoms with Crippen LogP contribution in [-0.4, -0.2) is 60.2 Å². The third-order valence-electron chi connectivity index (χ3n) is 5.84. The summed E-state index contributed by atoms with van der Waals surface area (Å²) in [6.07, 6.45) is 0. The third-order valence-corrected chi connectivity index (χ3v) is 5.84. The molecule has 0 bridgehead atoms. The van der Waals surface area contributed by atoms with Gasteiger partial charge in [-0.25, -0.2) is 14.8 Å². The molecule has 2 fully saturated rings. The molecule has 28 heavy (non-hydrogen) atoms. The molecule has 1 aromatic heterocycles. The van der Waals surface area contributed by atoms with Gasteiger partial charge in [-0.15, -0.1) is 0 Å². The van der Waals surface area contributed by atoms with Crippen molar-refractivity contribution < 1.29 is 9.53 Å². The average Bonchev–Trinajstić information content (AvgIpc) is 2.57. The number of fused-ring (bicyclic) bond motifs is 1. The SMILES string of the molecule is Cc1ccc2c(c1)OCCN2C(=O)N1CC2(C1)CN(c1nc(C)cc(C)n1)C2. The Kier molecular flexibility index (Phi) is 3.76. The van der Waals surface area contributed by atoms with Crippen LogP contribution in [0.2, 0.25) is 0 Å². The van der Waals surface area contributed by atoms with Gasteiger partial charge in [-0.3, -0.25) is 4.90 Å². The number of amides is 2. The number of rotatable bonds is 1. The van der Waals surface area contributed by atoms with Crippen molar-refractivity contribution in [3.63, 3.8) is 0 Å². The molecule has 1 spiro atoms. The number of ether oxygens (including phenoxy) is 1. The van der Waals surface area contributed by atoms with Crippen molar-refractivity contribution in [3.8, 4) is 5.75 Å². The predicted octanol–water partition coefficient (Wildman–Crippen LogP) is 2.54. The maximum atomic E-state index is 13.1. The minimum atomic E-state index is 0.0835. The van der Waals surface area contributed by atoms with E-state index >= 15 is 0 Å². The van der Waals surface area contributed by atoms with Gasteiger partial charge in [-0.1, -0.05) is 6.07 Å². The lowest BCUT2D eigenvalue weighted by molar-refractivity contribution is 0.00882. The van der Waals surface area contributed by atoms with Crippen LogP contribution < -0.4 is 14.5 Å². The minimum Gasteiger partial charge on any atom is -0.490 e. The summed E-state index contributed by atoms with van der Waals surface area (Å²) in [5, 5.41) is 0. The van der Waals surface area contributed by atoms with Gasteiger partial charge in [0, 0.05) is 43.0 Å². The number of carbonyl (C=O) groups is 1. The number of aryl methyl sites for hydroxylation is 3. The van der Waals surface area contributed by atoms with Crippen LogP contribution >= 0.6 is 0 Å². The molecule has 146 valence electrons. The number of carbonyl (C=O) groups excluding carboxylic acids is 1. The fourth-order valence-electron chi connectivity index (χ4n) is 4.55. The Hall–Kier alpha value is -2.83. The molecular weight excluding hydrogens is 354 g/mol. The molecule has 7 heteroatoms. The zero-order chi connectivity index (χ0) is 19.5. The lowest BCUT2D eigenvalue weighted by Crippen LogP contribution is -2.74. The smallest absolute Gasteiger partial charge is 0.324 e. The minimum absolute atomic E-state index is 0.0835. The van der Waals surface area contributed by atoms with Gasteiger partial charge in [0.1, 0.15) is 12.4 Å². The van der Waals surface area contributed by atoms with Crippen LogP contribution in [0.4, 0.5) is 16.4 Å². The van der Waals surface area contributed by atoms with Crippen LogP contribution in [0, 0.1) is 26.2 Å². The molecule has 0 atom stereocenters. The van der Waals surface area contributed by atoms with E-state index in [1.807, 2.05) is 54.8 Å². The molecule has 0 aliphatic carbocycles. The van der Waals surface area contributed by atoms with Crippen LogP contribution in [0.15, 0.2) is 24.3 Å². The van der Waals surface area contributed by atoms with Crippen molar-refractivity contribution in [2.24, 2.45) is 5.41 Å². The van der Waals surface area contributed by atoms with Gasteiger partial charge in [-0.2, -0.15) is 0 Å². The van der Waals surface area contributed by atoms with E-state index in [1.54, 1.807) is 0 Å². The predicted molar refractivity (Wildman–Crippen MR) is 107 cm³/mol. The Bertz CT molecular complexity index is 926. The highest BCUT2D eigenvalue weighted by Gasteiger charge is 2.54. The maximum Gasteiger partial charge on any atom is 0.324 e. The zero-order valence-corrected chi connectivity index (χ0v) is 16.6. The Morgan fingerprint density at radius 1 is 1.04 bits per heavy atom. The molecule has 5 rings (SSSR count). The Labute approximate surface area is 164 Å². The normalized spacial score (nSPS) is 19.6. The summed E-state index contributed by atoms with van der Waals surface area (Å²) in [6, 6.07) is 8.09. The van der Waals surface area contributed by atoms with Crippen molar-refractivity contribution in [1.29, 1.82) is 0 Å². The number of benzene rings is 1. The molecule has 2 amide bonds. The van der Waals surface area contributed by atoms with Gasteiger partial charge in [0.2, 0.25) is 5.95 Å². The molecule has 0 N–H and O–H groups in total. The van der Waals surface area contributed by atoms with Crippen LogP contribution in [0.3, 0.4) is 0 Å². The quantitative estimate of drug-likeness (QED) is 0.762. The molecule has 3 aliphatic rings. The van der Waals surface area contributed by atoms with Gasteiger partial charge in [0.25, 0.3) is 0 Å². The van der Waals surface area contributed by atoms with E-state index in [2.05, 4.69) is 14.9 Å². The summed E-state index contributed by atoms with van der Waals surface area (Å²) in [5.74, 6) is 1.61. The van der Waals surface area contributed by atoms with Crippen LogP contribution in [0.25, 0.3) is 0 Å². The van der Waals surface area contributed by atoms with E-state index in [0.717, 1.165) is 60.5 Å². The highest BCUT2D eigenvalue weighted by Crippen LogP contribution is 2.42. The Morgan fingerprint density at radius 3 is 2.46 bits per heavy atom. The van der Waals surface area contributed by atoms with E-state index in [0.29, 0.717) is 13.2 Å². The number of urea groups is 1. The van der Waals surface area contributed by atoms with E-state index in [4.69, 9.17) is 4.74 Å². The van der Waals surface area contributed by atoms with Crippen molar-refractivity contribution in [3.05, 3.63) is 41.2 Å². The molecule has 3 aliphatic heterocycles. The summed E-state index contributed by atoms with van der Waals surface area (Å²) in [6.45, 7) is 10.6. The van der Waals surface area contributed by atoms with Gasteiger partial charge < -0.3 is 14.5 Å². The lowest BCUT2D eigenvalue weighted by atomic mass is 9.73. The van der Waals surface area contributed by atoms with E-state index in [1.165, 1.54) is 0 Å². The molecule has 0 radical (unpaired) electrons. The molecule has 2 aromatic rings. The number of anilines is 2. The second-order valence-electron chi connectivity index (χ2n) is 8.42. The molecule has 2 saturated heterocycles. The van der Waals surface area contributed by atoms with E-state index in [9.17, 15) is 4.79 Å². The second kappa shape index (κ2) is 6.09. The first-order valence-corrected chi connectivity index (χ1v) is 9.80. The average molecular weight is 379 g/mol. The number of hydrogen-bond acceptors (Lipinski definition) is 5. The highest BCUT2D eigenvalue weighted by molar-refractivity contribution is 5.94. The van der Waals surface area contributed by atoms with E-state index < -0.39 is 0 Å². The van der Waals surface area contributed by atoms with Gasteiger partial charge in [0.15, 0.2) is 0 Å². The summed E-state index contributed by atoms with van der Waals surface area (Å²) < 4.78 is 5.74. The highest BCUT2D eigenvalue weighted by atomic mass is 16.5. The molecule has 0 unspecified atom stereocenters. The second-order valence-corrected chi connectivity index (χ2v) is 8.42. The van der Waals surface area contributed by atoms with Gasteiger partial charge in [-0.05, 0) is 44.5 Å². The van der Waals surface area contributed by atoms with Crippen molar-refractivity contribution in [1.82, 2.24) is 14.9 Å². The number of aromatic nitrogens is 2. The lowest BCUT2D eigenvalue weighted by Gasteiger charge is -2.60. The Balaban J connectivity index is 1.23. The van der Waals surface area contributed by atoms with Crippen LogP contribution in [0.1, 0.15) is 17.0 Å². The first-order valence-electron chi connectivity index (χ1n) is 9.80. The topological polar surface area (TPSA) is 61.8 Å². The molecule has 0 saturated carbocycles. The Morgan fingerprint density at radius 2 is 1.75 bits per heavy atom. The standard InChI is InChI=1S/C21H25N5O2/c1-14-4-5-17-18(8-14)28-7-6-26(17)20(27)25-12-21(13-25)10-24(11-21)19-22-15(2)9-16(3)23-19/h4-5,8-9H,6-7,10-13H2,1-3H3. The van der Waals surface area contributed by atoms with E-state index in [-0.39, 0.29) is 11.4 Å². The van der Waals surface area contributed by atoms with Gasteiger partial charge in [0.05, 0.1) is 12.2 Å².